The van der Waals surface area contributed by atoms with Crippen molar-refractivity contribution in [2.45, 2.75) is 19.6 Å². The summed E-state index contributed by atoms with van der Waals surface area (Å²) in [5.74, 6) is 0. The number of aryl methyl sites for hydroxylation is 1. The molecular formula is C19H19N9O. The molecule has 10 heteroatoms. The van der Waals surface area contributed by atoms with E-state index in [1.165, 1.54) is 0 Å². The molecule has 1 atom stereocenters. The lowest BCUT2D eigenvalue weighted by Crippen LogP contribution is -2.11. The van der Waals surface area contributed by atoms with Gasteiger partial charge in [0.25, 0.3) is 0 Å². The van der Waals surface area contributed by atoms with Gasteiger partial charge in [-0.1, -0.05) is 11.3 Å². The lowest BCUT2D eigenvalue weighted by Gasteiger charge is -2.13. The van der Waals surface area contributed by atoms with Crippen LogP contribution in [0.2, 0.25) is 0 Å². The Hall–Kier alpha value is -3.66. The second-order valence-corrected chi connectivity index (χ2v) is 6.89. The number of ether oxygens (including phenoxy) is 1. The molecule has 0 saturated heterocycles. The number of hydrogen-bond acceptors (Lipinski definition) is 7. The highest BCUT2D eigenvalue weighted by Gasteiger charge is 2.18. The van der Waals surface area contributed by atoms with E-state index in [1.807, 2.05) is 42.2 Å². The summed E-state index contributed by atoms with van der Waals surface area (Å²) >= 11 is 0. The summed E-state index contributed by atoms with van der Waals surface area (Å²) in [5.41, 5.74) is 5.66. The Morgan fingerprint density at radius 2 is 2.00 bits per heavy atom. The van der Waals surface area contributed by atoms with Gasteiger partial charge in [0, 0.05) is 32.1 Å². The van der Waals surface area contributed by atoms with Crippen molar-refractivity contribution in [1.82, 2.24) is 44.1 Å². The smallest absolute Gasteiger partial charge is 0.221 e. The standard InChI is InChI=1S/C19H19N9O/c1-12(13-4-5-17-20-7-15(11-29-3)27(17)10-13)28-19-18(24-25-28)21-8-16(23-19)14-6-22-26(2)9-14/h4-10,12H,11H2,1-3H3/t12-/m1/s1. The molecule has 0 bridgehead atoms. The molecule has 0 aliphatic carbocycles. The molecule has 5 rings (SSSR count). The second kappa shape index (κ2) is 6.74. The molecule has 0 radical (unpaired) electrons. The van der Waals surface area contributed by atoms with Crippen LogP contribution >= 0.6 is 0 Å². The summed E-state index contributed by atoms with van der Waals surface area (Å²) in [6.45, 7) is 2.55. The molecule has 0 aliphatic heterocycles. The molecule has 146 valence electrons. The third kappa shape index (κ3) is 2.93. The molecule has 0 spiro atoms. The highest BCUT2D eigenvalue weighted by Crippen LogP contribution is 2.23. The average Bonchev–Trinajstić information content (AvgIpc) is 3.45. The zero-order valence-corrected chi connectivity index (χ0v) is 16.3. The van der Waals surface area contributed by atoms with Crippen LogP contribution in [0.4, 0.5) is 0 Å². The summed E-state index contributed by atoms with van der Waals surface area (Å²) in [7, 11) is 3.54. The molecule has 0 saturated carbocycles. The number of methoxy groups -OCH3 is 1. The molecule has 0 amide bonds. The number of aromatic nitrogens is 9. The predicted octanol–water partition coefficient (Wildman–Crippen LogP) is 2.03. The van der Waals surface area contributed by atoms with Crippen molar-refractivity contribution in [1.29, 1.82) is 0 Å². The second-order valence-electron chi connectivity index (χ2n) is 6.89. The van der Waals surface area contributed by atoms with Crippen LogP contribution < -0.4 is 0 Å². The SMILES string of the molecule is COCc1cnc2ccc([C@@H](C)n3nnc4ncc(-c5cnn(C)c5)nc43)cn12. The average molecular weight is 389 g/mol. The monoisotopic (exact) mass is 389 g/mol. The zero-order valence-electron chi connectivity index (χ0n) is 16.3. The minimum atomic E-state index is -0.0966. The molecular weight excluding hydrogens is 370 g/mol. The number of pyridine rings is 1. The maximum Gasteiger partial charge on any atom is 0.221 e. The van der Waals surface area contributed by atoms with Gasteiger partial charge in [-0.3, -0.25) is 4.68 Å². The highest BCUT2D eigenvalue weighted by atomic mass is 16.5. The molecule has 0 N–H and O–H groups in total. The molecule has 0 fully saturated rings. The third-order valence-electron chi connectivity index (χ3n) is 4.94. The first kappa shape index (κ1) is 17.4. The highest BCUT2D eigenvalue weighted by molar-refractivity contribution is 5.69. The maximum atomic E-state index is 5.27. The summed E-state index contributed by atoms with van der Waals surface area (Å²) in [5, 5.41) is 12.7. The van der Waals surface area contributed by atoms with Crippen molar-refractivity contribution in [3.63, 3.8) is 0 Å². The third-order valence-corrected chi connectivity index (χ3v) is 4.94. The summed E-state index contributed by atoms with van der Waals surface area (Å²) in [6.07, 6.45) is 9.23. The maximum absolute atomic E-state index is 5.27. The van der Waals surface area contributed by atoms with Crippen LogP contribution in [0.1, 0.15) is 24.2 Å². The van der Waals surface area contributed by atoms with Gasteiger partial charge in [-0.2, -0.15) is 5.10 Å². The van der Waals surface area contributed by atoms with Crippen molar-refractivity contribution in [2.24, 2.45) is 7.05 Å². The van der Waals surface area contributed by atoms with Gasteiger partial charge in [-0.25, -0.2) is 19.6 Å². The Bertz CT molecular complexity index is 1320. The lowest BCUT2D eigenvalue weighted by atomic mass is 10.1. The van der Waals surface area contributed by atoms with E-state index in [4.69, 9.17) is 9.72 Å². The molecule has 0 aromatic carbocycles. The molecule has 29 heavy (non-hydrogen) atoms. The first-order chi connectivity index (χ1) is 14.1. The Morgan fingerprint density at radius 1 is 1.10 bits per heavy atom. The normalized spacial score (nSPS) is 12.8. The fourth-order valence-electron chi connectivity index (χ4n) is 3.37. The van der Waals surface area contributed by atoms with Crippen molar-refractivity contribution in [3.05, 3.63) is 54.4 Å². The summed E-state index contributed by atoms with van der Waals surface area (Å²) in [6, 6.07) is 3.92. The van der Waals surface area contributed by atoms with Gasteiger partial charge >= 0.3 is 0 Å². The van der Waals surface area contributed by atoms with E-state index in [0.717, 1.165) is 28.2 Å². The summed E-state index contributed by atoms with van der Waals surface area (Å²) in [4.78, 5) is 13.6. The van der Waals surface area contributed by atoms with Gasteiger partial charge in [0.2, 0.25) is 5.65 Å². The largest absolute Gasteiger partial charge is 0.378 e. The van der Waals surface area contributed by atoms with E-state index in [9.17, 15) is 0 Å². The molecule has 10 nitrogen and oxygen atoms in total. The van der Waals surface area contributed by atoms with Crippen LogP contribution in [0.25, 0.3) is 28.2 Å². The minimum Gasteiger partial charge on any atom is -0.378 e. The van der Waals surface area contributed by atoms with E-state index in [1.54, 1.807) is 28.9 Å². The number of rotatable bonds is 5. The van der Waals surface area contributed by atoms with E-state index in [0.29, 0.717) is 17.9 Å². The van der Waals surface area contributed by atoms with Gasteiger partial charge in [-0.05, 0) is 18.6 Å². The van der Waals surface area contributed by atoms with Gasteiger partial charge in [0.05, 0.1) is 42.6 Å². The van der Waals surface area contributed by atoms with E-state index >= 15 is 0 Å². The van der Waals surface area contributed by atoms with Crippen molar-refractivity contribution < 1.29 is 4.74 Å². The fourth-order valence-corrected chi connectivity index (χ4v) is 3.37. The Labute approximate surface area is 165 Å². The number of imidazole rings is 1. The first-order valence-corrected chi connectivity index (χ1v) is 9.16. The van der Waals surface area contributed by atoms with Crippen LogP contribution in [0, 0.1) is 0 Å². The molecule has 5 aromatic heterocycles. The van der Waals surface area contributed by atoms with Crippen molar-refractivity contribution in [2.75, 3.05) is 7.11 Å². The minimum absolute atomic E-state index is 0.0966. The molecule has 0 aliphatic rings. The van der Waals surface area contributed by atoms with Gasteiger partial charge in [0.1, 0.15) is 5.65 Å². The van der Waals surface area contributed by atoms with Crippen molar-refractivity contribution in [3.8, 4) is 11.3 Å². The number of hydrogen-bond donors (Lipinski definition) is 0. The van der Waals surface area contributed by atoms with E-state index in [-0.39, 0.29) is 6.04 Å². The van der Waals surface area contributed by atoms with Crippen LogP contribution in [0.5, 0.6) is 0 Å². The molecule has 5 aromatic rings. The van der Waals surface area contributed by atoms with Crippen LogP contribution in [-0.4, -0.2) is 51.2 Å². The van der Waals surface area contributed by atoms with Gasteiger partial charge in [-0.15, -0.1) is 5.10 Å². The topological polar surface area (TPSA) is 101 Å². The van der Waals surface area contributed by atoms with E-state index < -0.39 is 0 Å². The number of nitrogens with zero attached hydrogens (tertiary/aromatic N) is 9. The molecule has 5 heterocycles. The molecule has 0 unspecified atom stereocenters. The fraction of sp³-hybridized carbons (Fsp3) is 0.263. The van der Waals surface area contributed by atoms with Crippen LogP contribution in [-0.2, 0) is 18.4 Å². The van der Waals surface area contributed by atoms with Crippen molar-refractivity contribution >= 4 is 16.9 Å². The Morgan fingerprint density at radius 3 is 2.79 bits per heavy atom. The van der Waals surface area contributed by atoms with Gasteiger partial charge < -0.3 is 9.14 Å². The van der Waals surface area contributed by atoms with Gasteiger partial charge in [0.15, 0.2) is 5.65 Å². The zero-order chi connectivity index (χ0) is 20.0. The van der Waals surface area contributed by atoms with Crippen LogP contribution in [0.15, 0.2) is 43.1 Å². The lowest BCUT2D eigenvalue weighted by molar-refractivity contribution is 0.181. The first-order valence-electron chi connectivity index (χ1n) is 9.16. The number of fused-ring (bicyclic) bond motifs is 2. The van der Waals surface area contributed by atoms with Crippen LogP contribution in [0.3, 0.4) is 0 Å². The quantitative estimate of drug-likeness (QED) is 0.453. The Balaban J connectivity index is 1.57. The predicted molar refractivity (Wildman–Crippen MR) is 105 cm³/mol. The van der Waals surface area contributed by atoms with E-state index in [2.05, 4.69) is 32.3 Å². The summed E-state index contributed by atoms with van der Waals surface area (Å²) < 4.78 is 10.8. The Kier molecular flexibility index (Phi) is 4.06.